The Labute approximate surface area is 92.2 Å². The monoisotopic (exact) mass is 217 g/mol. The minimum Gasteiger partial charge on any atom is -0.475 e. The van der Waals surface area contributed by atoms with Gasteiger partial charge in [-0.3, -0.25) is 5.10 Å². The van der Waals surface area contributed by atoms with Crippen molar-refractivity contribution in [2.75, 3.05) is 0 Å². The third kappa shape index (κ3) is 1.93. The van der Waals surface area contributed by atoms with E-state index in [0.29, 0.717) is 5.82 Å². The summed E-state index contributed by atoms with van der Waals surface area (Å²) in [7, 11) is 0. The third-order valence-corrected chi connectivity index (χ3v) is 2.40. The standard InChI is InChI=1S/C11H11N3O2/c1-7(8-5-3-2-4-6-8)9-12-10(11(15)16)14-13-9/h2-7H,1H3,(H,15,16)(H,12,13,14). The van der Waals surface area contributed by atoms with Crippen LogP contribution in [-0.4, -0.2) is 26.3 Å². The normalized spacial score (nSPS) is 12.3. The van der Waals surface area contributed by atoms with Crippen molar-refractivity contribution in [3.05, 3.63) is 47.5 Å². The average molecular weight is 217 g/mol. The van der Waals surface area contributed by atoms with Gasteiger partial charge in [-0.15, -0.1) is 5.10 Å². The minimum atomic E-state index is -1.12. The molecule has 2 rings (SSSR count). The number of hydrogen-bond acceptors (Lipinski definition) is 3. The molecule has 2 aromatic rings. The second-order valence-corrected chi connectivity index (χ2v) is 3.48. The number of aromatic nitrogens is 3. The van der Waals surface area contributed by atoms with Crippen molar-refractivity contribution in [1.82, 2.24) is 15.2 Å². The van der Waals surface area contributed by atoms with Crippen LogP contribution in [0.3, 0.4) is 0 Å². The van der Waals surface area contributed by atoms with Crippen molar-refractivity contribution < 1.29 is 9.90 Å². The number of carboxylic acid groups (broad SMARTS) is 1. The van der Waals surface area contributed by atoms with Crippen molar-refractivity contribution in [2.24, 2.45) is 0 Å². The molecule has 82 valence electrons. The molecule has 2 N–H and O–H groups in total. The summed E-state index contributed by atoms with van der Waals surface area (Å²) in [5.41, 5.74) is 1.07. The zero-order valence-corrected chi connectivity index (χ0v) is 8.71. The van der Waals surface area contributed by atoms with Crippen LogP contribution in [0.25, 0.3) is 0 Å². The Morgan fingerprint density at radius 2 is 2.06 bits per heavy atom. The SMILES string of the molecule is CC(c1ccccc1)c1nc(C(=O)O)n[nH]1. The molecule has 0 saturated carbocycles. The summed E-state index contributed by atoms with van der Waals surface area (Å²) in [6, 6.07) is 9.72. The lowest BCUT2D eigenvalue weighted by atomic mass is 10.0. The first kappa shape index (κ1) is 10.4. The number of aromatic amines is 1. The largest absolute Gasteiger partial charge is 0.475 e. The number of carbonyl (C=O) groups is 1. The Morgan fingerprint density at radius 3 is 2.62 bits per heavy atom. The van der Waals surface area contributed by atoms with Crippen molar-refractivity contribution in [1.29, 1.82) is 0 Å². The van der Waals surface area contributed by atoms with Gasteiger partial charge in [0.15, 0.2) is 0 Å². The van der Waals surface area contributed by atoms with Gasteiger partial charge in [-0.1, -0.05) is 37.3 Å². The summed E-state index contributed by atoms with van der Waals surface area (Å²) in [6.45, 7) is 1.95. The highest BCUT2D eigenvalue weighted by atomic mass is 16.4. The molecular weight excluding hydrogens is 206 g/mol. The van der Waals surface area contributed by atoms with E-state index in [1.54, 1.807) is 0 Å². The summed E-state index contributed by atoms with van der Waals surface area (Å²) >= 11 is 0. The van der Waals surface area contributed by atoms with E-state index in [9.17, 15) is 4.79 Å². The number of rotatable bonds is 3. The molecule has 0 aliphatic heterocycles. The van der Waals surface area contributed by atoms with Gasteiger partial charge < -0.3 is 5.11 Å². The second-order valence-electron chi connectivity index (χ2n) is 3.48. The van der Waals surface area contributed by atoms with Crippen molar-refractivity contribution in [3.63, 3.8) is 0 Å². The van der Waals surface area contributed by atoms with Gasteiger partial charge in [0, 0.05) is 5.92 Å². The summed E-state index contributed by atoms with van der Waals surface area (Å²) < 4.78 is 0. The van der Waals surface area contributed by atoms with Crippen LogP contribution < -0.4 is 0 Å². The van der Waals surface area contributed by atoms with Crippen LogP contribution in [0.5, 0.6) is 0 Å². The number of carboxylic acids is 1. The smallest absolute Gasteiger partial charge is 0.375 e. The highest BCUT2D eigenvalue weighted by Gasteiger charge is 2.15. The van der Waals surface area contributed by atoms with Crippen molar-refractivity contribution >= 4 is 5.97 Å². The zero-order valence-electron chi connectivity index (χ0n) is 8.71. The van der Waals surface area contributed by atoms with Crippen molar-refractivity contribution in [3.8, 4) is 0 Å². The second kappa shape index (κ2) is 4.14. The molecule has 1 aromatic carbocycles. The van der Waals surface area contributed by atoms with Crippen molar-refractivity contribution in [2.45, 2.75) is 12.8 Å². The van der Waals surface area contributed by atoms with E-state index in [0.717, 1.165) is 5.56 Å². The van der Waals surface area contributed by atoms with E-state index in [1.807, 2.05) is 37.3 Å². The maximum Gasteiger partial charge on any atom is 0.375 e. The summed E-state index contributed by atoms with van der Waals surface area (Å²) in [5, 5.41) is 15.0. The van der Waals surface area contributed by atoms with E-state index in [-0.39, 0.29) is 11.7 Å². The number of nitrogens with one attached hydrogen (secondary N) is 1. The maximum atomic E-state index is 10.6. The molecule has 0 radical (unpaired) electrons. The molecular formula is C11H11N3O2. The lowest BCUT2D eigenvalue weighted by Gasteiger charge is -2.07. The minimum absolute atomic E-state index is 0.00167. The molecule has 0 bridgehead atoms. The molecule has 0 aliphatic rings. The Kier molecular flexibility index (Phi) is 2.68. The van der Waals surface area contributed by atoms with Crippen LogP contribution in [0, 0.1) is 0 Å². The predicted octanol–water partition coefficient (Wildman–Crippen LogP) is 1.65. The molecule has 1 atom stereocenters. The Hall–Kier alpha value is -2.17. The van der Waals surface area contributed by atoms with Gasteiger partial charge in [-0.25, -0.2) is 9.78 Å². The topological polar surface area (TPSA) is 78.9 Å². The number of hydrogen-bond donors (Lipinski definition) is 2. The molecule has 0 spiro atoms. The Balaban J connectivity index is 2.27. The van der Waals surface area contributed by atoms with Crippen LogP contribution in [0.4, 0.5) is 0 Å². The van der Waals surface area contributed by atoms with Gasteiger partial charge in [0.25, 0.3) is 5.82 Å². The van der Waals surface area contributed by atoms with E-state index in [2.05, 4.69) is 15.2 Å². The fourth-order valence-corrected chi connectivity index (χ4v) is 1.46. The molecule has 5 heteroatoms. The first-order valence-electron chi connectivity index (χ1n) is 4.89. The van der Waals surface area contributed by atoms with Crippen LogP contribution in [0.1, 0.15) is 34.8 Å². The lowest BCUT2D eigenvalue weighted by molar-refractivity contribution is 0.0684. The van der Waals surface area contributed by atoms with E-state index in [4.69, 9.17) is 5.11 Å². The molecule has 0 amide bonds. The lowest BCUT2D eigenvalue weighted by Crippen LogP contribution is -2.01. The zero-order chi connectivity index (χ0) is 11.5. The fourth-order valence-electron chi connectivity index (χ4n) is 1.46. The molecule has 5 nitrogen and oxygen atoms in total. The van der Waals surface area contributed by atoms with E-state index >= 15 is 0 Å². The summed E-state index contributed by atoms with van der Waals surface area (Å²) in [6.07, 6.45) is 0. The molecule has 0 saturated heterocycles. The van der Waals surface area contributed by atoms with Crippen LogP contribution >= 0.6 is 0 Å². The molecule has 1 heterocycles. The Morgan fingerprint density at radius 1 is 1.38 bits per heavy atom. The molecule has 0 aliphatic carbocycles. The van der Waals surface area contributed by atoms with E-state index < -0.39 is 5.97 Å². The van der Waals surface area contributed by atoms with E-state index in [1.165, 1.54) is 0 Å². The highest BCUT2D eigenvalue weighted by molar-refractivity contribution is 5.82. The third-order valence-electron chi connectivity index (χ3n) is 2.40. The van der Waals surface area contributed by atoms with Gasteiger partial charge in [0.1, 0.15) is 5.82 Å². The van der Waals surface area contributed by atoms with Gasteiger partial charge in [-0.05, 0) is 5.56 Å². The number of H-pyrrole nitrogens is 1. The number of aromatic carboxylic acids is 1. The molecule has 0 fully saturated rings. The maximum absolute atomic E-state index is 10.6. The molecule has 16 heavy (non-hydrogen) atoms. The Bertz CT molecular complexity index is 493. The van der Waals surface area contributed by atoms with Gasteiger partial charge in [0.05, 0.1) is 0 Å². The van der Waals surface area contributed by atoms with Gasteiger partial charge in [0.2, 0.25) is 0 Å². The average Bonchev–Trinajstić information content (AvgIpc) is 2.78. The van der Waals surface area contributed by atoms with Crippen LogP contribution in [-0.2, 0) is 0 Å². The number of nitrogens with zero attached hydrogens (tertiary/aromatic N) is 2. The van der Waals surface area contributed by atoms with Gasteiger partial charge >= 0.3 is 5.97 Å². The molecule has 1 aromatic heterocycles. The van der Waals surface area contributed by atoms with Crippen LogP contribution in [0.15, 0.2) is 30.3 Å². The first-order valence-corrected chi connectivity index (χ1v) is 4.89. The summed E-state index contributed by atoms with van der Waals surface area (Å²) in [5.74, 6) is -0.758. The number of benzene rings is 1. The predicted molar refractivity (Wildman–Crippen MR) is 57.3 cm³/mol. The highest BCUT2D eigenvalue weighted by Crippen LogP contribution is 2.20. The first-order chi connectivity index (χ1) is 7.68. The summed E-state index contributed by atoms with van der Waals surface area (Å²) in [4.78, 5) is 14.5. The quantitative estimate of drug-likeness (QED) is 0.819. The van der Waals surface area contributed by atoms with Crippen LogP contribution in [0.2, 0.25) is 0 Å². The van der Waals surface area contributed by atoms with Gasteiger partial charge in [-0.2, -0.15) is 0 Å². The fraction of sp³-hybridized carbons (Fsp3) is 0.182. The molecule has 1 unspecified atom stereocenters.